The van der Waals surface area contributed by atoms with E-state index in [2.05, 4.69) is 31.4 Å². The molecule has 0 radical (unpaired) electrons. The third-order valence-electron chi connectivity index (χ3n) is 3.74. The molecule has 5 heteroatoms. The van der Waals surface area contributed by atoms with Gasteiger partial charge in [0, 0.05) is 16.8 Å². The Balaban J connectivity index is 2.00. The van der Waals surface area contributed by atoms with Crippen molar-refractivity contribution in [2.24, 2.45) is 0 Å². The number of rotatable bonds is 5. The Labute approximate surface area is 148 Å². The number of benzene rings is 2. The normalized spacial score (nSPS) is 10.9. The van der Waals surface area contributed by atoms with Crippen molar-refractivity contribution in [2.75, 3.05) is 19.0 Å². The number of anilines is 1. The minimum absolute atomic E-state index is 0.0927. The predicted molar refractivity (Wildman–Crippen MR) is 99.1 cm³/mol. The maximum atomic E-state index is 12.1. The number of amides is 2. The molecule has 0 atom stereocenters. The summed E-state index contributed by atoms with van der Waals surface area (Å²) in [6, 6.07) is 14.3. The zero-order chi connectivity index (χ0) is 18.4. The van der Waals surface area contributed by atoms with E-state index in [9.17, 15) is 9.59 Å². The van der Waals surface area contributed by atoms with Crippen LogP contribution in [0.15, 0.2) is 48.5 Å². The standard InChI is InChI=1S/C20H24N2O3/c1-20(2,3)16-12-15(10-11-17(16)25-4)22-18(23)13-21-19(24)14-8-6-5-7-9-14/h5-12H,13H2,1-4H3,(H,21,24)(H,22,23). The summed E-state index contributed by atoms with van der Waals surface area (Å²) in [6.45, 7) is 6.15. The van der Waals surface area contributed by atoms with E-state index in [-0.39, 0.29) is 23.8 Å². The van der Waals surface area contributed by atoms with Gasteiger partial charge in [-0.1, -0.05) is 39.0 Å². The highest BCUT2D eigenvalue weighted by Gasteiger charge is 2.19. The van der Waals surface area contributed by atoms with Crippen molar-refractivity contribution in [1.29, 1.82) is 0 Å². The van der Waals surface area contributed by atoms with E-state index in [0.29, 0.717) is 11.3 Å². The summed E-state index contributed by atoms with van der Waals surface area (Å²) >= 11 is 0. The van der Waals surface area contributed by atoms with Gasteiger partial charge in [-0.05, 0) is 35.7 Å². The molecule has 2 amide bonds. The average molecular weight is 340 g/mol. The zero-order valence-electron chi connectivity index (χ0n) is 15.1. The van der Waals surface area contributed by atoms with Gasteiger partial charge < -0.3 is 15.4 Å². The van der Waals surface area contributed by atoms with E-state index in [1.807, 2.05) is 18.2 Å². The Morgan fingerprint density at radius 2 is 1.72 bits per heavy atom. The van der Waals surface area contributed by atoms with Gasteiger partial charge in [0.05, 0.1) is 13.7 Å². The minimum atomic E-state index is -0.283. The molecular formula is C20H24N2O3. The highest BCUT2D eigenvalue weighted by atomic mass is 16.5. The second-order valence-corrected chi connectivity index (χ2v) is 6.76. The quantitative estimate of drug-likeness (QED) is 0.877. The van der Waals surface area contributed by atoms with Gasteiger partial charge in [-0.2, -0.15) is 0 Å². The van der Waals surface area contributed by atoms with Gasteiger partial charge in [-0.3, -0.25) is 9.59 Å². The van der Waals surface area contributed by atoms with E-state index in [0.717, 1.165) is 11.3 Å². The minimum Gasteiger partial charge on any atom is -0.496 e. The summed E-state index contributed by atoms with van der Waals surface area (Å²) < 4.78 is 5.39. The Kier molecular flexibility index (Phi) is 5.80. The van der Waals surface area contributed by atoms with Crippen LogP contribution in [0.5, 0.6) is 5.75 Å². The summed E-state index contributed by atoms with van der Waals surface area (Å²) in [5.41, 5.74) is 2.08. The summed E-state index contributed by atoms with van der Waals surface area (Å²) in [7, 11) is 1.63. The van der Waals surface area contributed by atoms with E-state index in [4.69, 9.17) is 4.74 Å². The third-order valence-corrected chi connectivity index (χ3v) is 3.74. The monoisotopic (exact) mass is 340 g/mol. The predicted octanol–water partition coefficient (Wildman–Crippen LogP) is 3.36. The molecule has 5 nitrogen and oxygen atoms in total. The van der Waals surface area contributed by atoms with E-state index in [1.54, 1.807) is 37.4 Å². The number of nitrogens with one attached hydrogen (secondary N) is 2. The van der Waals surface area contributed by atoms with Crippen molar-refractivity contribution < 1.29 is 14.3 Å². The lowest BCUT2D eigenvalue weighted by Gasteiger charge is -2.23. The Bertz CT molecular complexity index is 749. The van der Waals surface area contributed by atoms with Crippen molar-refractivity contribution >= 4 is 17.5 Å². The number of carbonyl (C=O) groups excluding carboxylic acids is 2. The molecule has 0 spiro atoms. The van der Waals surface area contributed by atoms with Crippen molar-refractivity contribution in [2.45, 2.75) is 26.2 Å². The Morgan fingerprint density at radius 3 is 2.32 bits per heavy atom. The highest BCUT2D eigenvalue weighted by molar-refractivity contribution is 5.99. The van der Waals surface area contributed by atoms with Crippen LogP contribution < -0.4 is 15.4 Å². The van der Waals surface area contributed by atoms with Gasteiger partial charge in [0.2, 0.25) is 5.91 Å². The number of hydrogen-bond donors (Lipinski definition) is 2. The van der Waals surface area contributed by atoms with Crippen molar-refractivity contribution in [1.82, 2.24) is 5.32 Å². The molecule has 0 fully saturated rings. The first-order valence-electron chi connectivity index (χ1n) is 8.13. The average Bonchev–Trinajstić information content (AvgIpc) is 2.59. The van der Waals surface area contributed by atoms with Crippen molar-refractivity contribution in [3.8, 4) is 5.75 Å². The highest BCUT2D eigenvalue weighted by Crippen LogP contribution is 2.33. The molecule has 132 valence electrons. The van der Waals surface area contributed by atoms with Crippen LogP contribution in [0.1, 0.15) is 36.7 Å². The molecule has 0 saturated heterocycles. The van der Waals surface area contributed by atoms with Crippen LogP contribution in [0.4, 0.5) is 5.69 Å². The number of ether oxygens (including phenoxy) is 1. The molecule has 0 aromatic heterocycles. The van der Waals surface area contributed by atoms with Crippen LogP contribution in [-0.4, -0.2) is 25.5 Å². The topological polar surface area (TPSA) is 67.4 Å². The molecule has 0 saturated carbocycles. The molecule has 2 aromatic carbocycles. The second-order valence-electron chi connectivity index (χ2n) is 6.76. The molecule has 0 aliphatic heterocycles. The van der Waals surface area contributed by atoms with Crippen LogP contribution in [0.25, 0.3) is 0 Å². The van der Waals surface area contributed by atoms with Crippen LogP contribution in [-0.2, 0) is 10.2 Å². The first-order valence-corrected chi connectivity index (χ1v) is 8.13. The first kappa shape index (κ1) is 18.5. The van der Waals surface area contributed by atoms with Crippen LogP contribution in [0.2, 0.25) is 0 Å². The number of carbonyl (C=O) groups is 2. The molecule has 0 aliphatic rings. The van der Waals surface area contributed by atoms with E-state index < -0.39 is 0 Å². The van der Waals surface area contributed by atoms with E-state index >= 15 is 0 Å². The lowest BCUT2D eigenvalue weighted by atomic mass is 9.86. The van der Waals surface area contributed by atoms with Gasteiger partial charge in [0.1, 0.15) is 5.75 Å². The smallest absolute Gasteiger partial charge is 0.251 e. The molecule has 0 bridgehead atoms. The fourth-order valence-electron chi connectivity index (χ4n) is 2.43. The lowest BCUT2D eigenvalue weighted by Crippen LogP contribution is -2.32. The maximum Gasteiger partial charge on any atom is 0.251 e. The maximum absolute atomic E-state index is 12.1. The summed E-state index contributed by atoms with van der Waals surface area (Å²) in [5.74, 6) is 0.220. The molecular weight excluding hydrogens is 316 g/mol. The summed E-state index contributed by atoms with van der Waals surface area (Å²) in [5, 5.41) is 5.41. The SMILES string of the molecule is COc1ccc(NC(=O)CNC(=O)c2ccccc2)cc1C(C)(C)C. The number of methoxy groups -OCH3 is 1. The fraction of sp³-hybridized carbons (Fsp3) is 0.300. The summed E-state index contributed by atoms with van der Waals surface area (Å²) in [4.78, 5) is 24.1. The first-order chi connectivity index (χ1) is 11.8. The van der Waals surface area contributed by atoms with Crippen LogP contribution in [0, 0.1) is 0 Å². The fourth-order valence-corrected chi connectivity index (χ4v) is 2.43. The van der Waals surface area contributed by atoms with E-state index in [1.165, 1.54) is 0 Å². The van der Waals surface area contributed by atoms with Gasteiger partial charge in [-0.15, -0.1) is 0 Å². The molecule has 25 heavy (non-hydrogen) atoms. The summed E-state index contributed by atoms with van der Waals surface area (Å²) in [6.07, 6.45) is 0. The third kappa shape index (κ3) is 5.08. The van der Waals surface area contributed by atoms with Gasteiger partial charge in [0.15, 0.2) is 0 Å². The second kappa shape index (κ2) is 7.83. The molecule has 2 rings (SSSR count). The molecule has 0 heterocycles. The van der Waals surface area contributed by atoms with Gasteiger partial charge in [-0.25, -0.2) is 0 Å². The molecule has 0 aliphatic carbocycles. The molecule has 2 N–H and O–H groups in total. The Hall–Kier alpha value is -2.82. The molecule has 2 aromatic rings. The molecule has 0 unspecified atom stereocenters. The van der Waals surface area contributed by atoms with Crippen molar-refractivity contribution in [3.05, 3.63) is 59.7 Å². The zero-order valence-corrected chi connectivity index (χ0v) is 15.1. The van der Waals surface area contributed by atoms with Crippen LogP contribution in [0.3, 0.4) is 0 Å². The van der Waals surface area contributed by atoms with Crippen molar-refractivity contribution in [3.63, 3.8) is 0 Å². The largest absolute Gasteiger partial charge is 0.496 e. The van der Waals surface area contributed by atoms with Gasteiger partial charge >= 0.3 is 0 Å². The van der Waals surface area contributed by atoms with Crippen LogP contribution >= 0.6 is 0 Å². The van der Waals surface area contributed by atoms with Gasteiger partial charge in [0.25, 0.3) is 5.91 Å². The Morgan fingerprint density at radius 1 is 1.04 bits per heavy atom. The lowest BCUT2D eigenvalue weighted by molar-refractivity contribution is -0.115. The number of hydrogen-bond acceptors (Lipinski definition) is 3.